The van der Waals surface area contributed by atoms with E-state index in [4.69, 9.17) is 17.3 Å². The van der Waals surface area contributed by atoms with Gasteiger partial charge in [-0.3, -0.25) is 9.48 Å². The number of aryl methyl sites for hydroxylation is 1. The first kappa shape index (κ1) is 14.0. The molecule has 0 radical (unpaired) electrons. The molecule has 1 aromatic heterocycles. The van der Waals surface area contributed by atoms with Crippen molar-refractivity contribution < 1.29 is 4.79 Å². The zero-order valence-corrected chi connectivity index (χ0v) is 11.2. The highest BCUT2D eigenvalue weighted by Crippen LogP contribution is 2.13. The number of primary amides is 1. The highest BCUT2D eigenvalue weighted by molar-refractivity contribution is 6.30. The van der Waals surface area contributed by atoms with Gasteiger partial charge in [0, 0.05) is 18.8 Å². The first-order chi connectivity index (χ1) is 7.83. The third kappa shape index (κ3) is 4.02. The number of carbonyl (C=O) groups excluding carboxylic acids is 1. The van der Waals surface area contributed by atoms with Crippen molar-refractivity contribution in [2.75, 3.05) is 0 Å². The van der Waals surface area contributed by atoms with Crippen LogP contribution in [-0.4, -0.2) is 27.3 Å². The number of aromatic nitrogens is 2. The van der Waals surface area contributed by atoms with Gasteiger partial charge in [0.25, 0.3) is 0 Å². The predicted molar refractivity (Wildman–Crippen MR) is 67.7 cm³/mol. The van der Waals surface area contributed by atoms with Gasteiger partial charge in [0.2, 0.25) is 5.91 Å². The minimum absolute atomic E-state index is 0.189. The highest BCUT2D eigenvalue weighted by Gasteiger charge is 2.31. The number of nitrogens with two attached hydrogens (primary N) is 1. The lowest BCUT2D eigenvalue weighted by Crippen LogP contribution is -2.55. The van der Waals surface area contributed by atoms with Crippen LogP contribution in [0.1, 0.15) is 27.2 Å². The lowest BCUT2D eigenvalue weighted by molar-refractivity contribution is -0.124. The maximum atomic E-state index is 11.5. The van der Waals surface area contributed by atoms with E-state index in [1.165, 1.54) is 0 Å². The Bertz CT molecular complexity index is 391. The van der Waals surface area contributed by atoms with E-state index in [0.29, 0.717) is 18.0 Å². The Balaban J connectivity index is 2.64. The SMILES string of the molecule is CC(C)NC(C)(CCn1cc(Cl)cn1)C(N)=O. The Labute approximate surface area is 106 Å². The number of nitrogens with zero attached hydrogens (tertiary/aromatic N) is 2. The molecule has 1 unspecified atom stereocenters. The molecule has 3 N–H and O–H groups in total. The van der Waals surface area contributed by atoms with Gasteiger partial charge in [0.15, 0.2) is 0 Å². The van der Waals surface area contributed by atoms with Crippen molar-refractivity contribution in [1.29, 1.82) is 0 Å². The summed E-state index contributed by atoms with van der Waals surface area (Å²) in [7, 11) is 0. The smallest absolute Gasteiger partial charge is 0.237 e. The number of halogens is 1. The van der Waals surface area contributed by atoms with Crippen LogP contribution in [0.3, 0.4) is 0 Å². The molecule has 1 heterocycles. The van der Waals surface area contributed by atoms with Crippen LogP contribution in [0, 0.1) is 0 Å². The third-order valence-corrected chi connectivity index (χ3v) is 2.79. The van der Waals surface area contributed by atoms with Crippen LogP contribution < -0.4 is 11.1 Å². The molecular weight excluding hydrogens is 240 g/mol. The van der Waals surface area contributed by atoms with E-state index in [2.05, 4.69) is 10.4 Å². The summed E-state index contributed by atoms with van der Waals surface area (Å²) in [6, 6.07) is 0.189. The Kier molecular flexibility index (Phi) is 4.54. The lowest BCUT2D eigenvalue weighted by atomic mass is 9.96. The Morgan fingerprint density at radius 1 is 1.71 bits per heavy atom. The van der Waals surface area contributed by atoms with Crippen molar-refractivity contribution in [3.8, 4) is 0 Å². The highest BCUT2D eigenvalue weighted by atomic mass is 35.5. The monoisotopic (exact) mass is 258 g/mol. The summed E-state index contributed by atoms with van der Waals surface area (Å²) in [4.78, 5) is 11.5. The van der Waals surface area contributed by atoms with Gasteiger partial charge in [-0.2, -0.15) is 5.10 Å². The number of hydrogen-bond donors (Lipinski definition) is 2. The quantitative estimate of drug-likeness (QED) is 0.805. The molecule has 96 valence electrons. The molecule has 0 spiro atoms. The first-order valence-corrected chi connectivity index (χ1v) is 5.97. The molecule has 1 aromatic rings. The summed E-state index contributed by atoms with van der Waals surface area (Å²) in [6.45, 7) is 6.35. The van der Waals surface area contributed by atoms with E-state index in [-0.39, 0.29) is 11.9 Å². The average molecular weight is 259 g/mol. The van der Waals surface area contributed by atoms with Gasteiger partial charge < -0.3 is 11.1 Å². The summed E-state index contributed by atoms with van der Waals surface area (Å²) in [5, 5.41) is 7.83. The minimum Gasteiger partial charge on any atom is -0.368 e. The van der Waals surface area contributed by atoms with E-state index in [1.807, 2.05) is 13.8 Å². The second kappa shape index (κ2) is 5.51. The largest absolute Gasteiger partial charge is 0.368 e. The van der Waals surface area contributed by atoms with Gasteiger partial charge in [-0.05, 0) is 27.2 Å². The molecule has 17 heavy (non-hydrogen) atoms. The van der Waals surface area contributed by atoms with Crippen LogP contribution in [0.15, 0.2) is 12.4 Å². The normalized spacial score (nSPS) is 14.9. The Hall–Kier alpha value is -1.07. The summed E-state index contributed by atoms with van der Waals surface area (Å²) in [6.07, 6.45) is 3.86. The molecule has 0 saturated heterocycles. The summed E-state index contributed by atoms with van der Waals surface area (Å²) in [5.41, 5.74) is 4.70. The number of carbonyl (C=O) groups is 1. The van der Waals surface area contributed by atoms with E-state index in [1.54, 1.807) is 24.0 Å². The van der Waals surface area contributed by atoms with Gasteiger partial charge in [-0.25, -0.2) is 0 Å². The molecule has 1 rings (SSSR count). The minimum atomic E-state index is -0.730. The molecule has 0 bridgehead atoms. The average Bonchev–Trinajstić information content (AvgIpc) is 2.60. The topological polar surface area (TPSA) is 72.9 Å². The fourth-order valence-electron chi connectivity index (χ4n) is 1.70. The Morgan fingerprint density at radius 2 is 2.35 bits per heavy atom. The summed E-state index contributed by atoms with van der Waals surface area (Å²) in [5.74, 6) is -0.357. The Morgan fingerprint density at radius 3 is 2.76 bits per heavy atom. The second-order valence-corrected chi connectivity index (χ2v) is 5.10. The van der Waals surface area contributed by atoms with Crippen LogP contribution >= 0.6 is 11.6 Å². The second-order valence-electron chi connectivity index (χ2n) is 4.67. The van der Waals surface area contributed by atoms with Crippen molar-refractivity contribution >= 4 is 17.5 Å². The predicted octanol–water partition coefficient (Wildman–Crippen LogP) is 1.17. The molecule has 1 atom stereocenters. The molecule has 0 fully saturated rings. The molecule has 1 amide bonds. The van der Waals surface area contributed by atoms with Gasteiger partial charge in [0.05, 0.1) is 16.8 Å². The van der Waals surface area contributed by atoms with E-state index >= 15 is 0 Å². The first-order valence-electron chi connectivity index (χ1n) is 5.59. The fourth-order valence-corrected chi connectivity index (χ4v) is 1.86. The molecule has 0 aromatic carbocycles. The number of amides is 1. The summed E-state index contributed by atoms with van der Waals surface area (Å²) < 4.78 is 1.70. The molecule has 0 aliphatic heterocycles. The zero-order chi connectivity index (χ0) is 13.1. The number of rotatable bonds is 6. The van der Waals surface area contributed by atoms with Crippen molar-refractivity contribution in [3.63, 3.8) is 0 Å². The molecule has 0 aliphatic carbocycles. The van der Waals surface area contributed by atoms with E-state index < -0.39 is 5.54 Å². The number of nitrogens with one attached hydrogen (secondary N) is 1. The van der Waals surface area contributed by atoms with Crippen molar-refractivity contribution in [2.24, 2.45) is 5.73 Å². The van der Waals surface area contributed by atoms with Gasteiger partial charge in [0.1, 0.15) is 0 Å². The van der Waals surface area contributed by atoms with Crippen molar-refractivity contribution in [2.45, 2.75) is 45.3 Å². The zero-order valence-electron chi connectivity index (χ0n) is 10.4. The molecule has 0 saturated carbocycles. The summed E-state index contributed by atoms with van der Waals surface area (Å²) >= 11 is 5.77. The van der Waals surface area contributed by atoms with Crippen LogP contribution in [-0.2, 0) is 11.3 Å². The van der Waals surface area contributed by atoms with Crippen LogP contribution in [0.5, 0.6) is 0 Å². The number of hydrogen-bond acceptors (Lipinski definition) is 3. The van der Waals surface area contributed by atoms with Gasteiger partial charge >= 0.3 is 0 Å². The molecular formula is C11H19ClN4O. The van der Waals surface area contributed by atoms with E-state index in [0.717, 1.165) is 0 Å². The molecule has 6 heteroatoms. The lowest BCUT2D eigenvalue weighted by Gasteiger charge is -2.29. The fraction of sp³-hybridized carbons (Fsp3) is 0.636. The molecule has 5 nitrogen and oxygen atoms in total. The van der Waals surface area contributed by atoms with Crippen LogP contribution in [0.4, 0.5) is 0 Å². The van der Waals surface area contributed by atoms with Gasteiger partial charge in [-0.1, -0.05) is 11.6 Å². The van der Waals surface area contributed by atoms with Crippen molar-refractivity contribution in [3.05, 3.63) is 17.4 Å². The molecule has 0 aliphatic rings. The van der Waals surface area contributed by atoms with E-state index in [9.17, 15) is 4.79 Å². The maximum absolute atomic E-state index is 11.5. The van der Waals surface area contributed by atoms with Crippen LogP contribution in [0.2, 0.25) is 5.02 Å². The van der Waals surface area contributed by atoms with Crippen LogP contribution in [0.25, 0.3) is 0 Å². The van der Waals surface area contributed by atoms with Gasteiger partial charge in [-0.15, -0.1) is 0 Å². The maximum Gasteiger partial charge on any atom is 0.237 e. The third-order valence-electron chi connectivity index (χ3n) is 2.59. The standard InChI is InChI=1S/C11H19ClN4O/c1-8(2)15-11(3,10(13)17)4-5-16-7-9(12)6-14-16/h6-8,15H,4-5H2,1-3H3,(H2,13,17). The van der Waals surface area contributed by atoms with Crippen molar-refractivity contribution in [1.82, 2.24) is 15.1 Å².